The minimum Gasteiger partial charge on any atom is -0.497 e. The quantitative estimate of drug-likeness (QED) is 0.569. The molecule has 8 nitrogen and oxygen atoms in total. The Morgan fingerprint density at radius 2 is 1.63 bits per heavy atom. The molecule has 158 valence electrons. The highest BCUT2D eigenvalue weighted by Gasteiger charge is 2.15. The molecule has 0 saturated carbocycles. The first-order valence-corrected chi connectivity index (χ1v) is 9.27. The predicted octanol–water partition coefficient (Wildman–Crippen LogP) is 3.95. The number of nitrogens with one attached hydrogen (secondary N) is 1. The Morgan fingerprint density at radius 3 is 2.33 bits per heavy atom. The molecule has 0 atom stereocenters. The van der Waals surface area contributed by atoms with E-state index in [4.69, 9.17) is 23.4 Å². The van der Waals surface area contributed by atoms with Crippen molar-refractivity contribution >= 4 is 11.6 Å². The van der Waals surface area contributed by atoms with E-state index in [1.807, 2.05) is 12.1 Å². The lowest BCUT2D eigenvalue weighted by Gasteiger charge is -2.11. The normalized spacial score (nSPS) is 10.4. The summed E-state index contributed by atoms with van der Waals surface area (Å²) in [7, 11) is 6.27. The van der Waals surface area contributed by atoms with Crippen LogP contribution in [0.4, 0.5) is 5.69 Å². The van der Waals surface area contributed by atoms with Gasteiger partial charge in [0.1, 0.15) is 23.0 Å². The van der Waals surface area contributed by atoms with Crippen LogP contribution in [-0.4, -0.2) is 39.3 Å². The number of anilines is 1. The van der Waals surface area contributed by atoms with E-state index in [0.717, 1.165) is 5.56 Å². The zero-order valence-electron chi connectivity index (χ0n) is 17.4. The molecule has 30 heavy (non-hydrogen) atoms. The number of aryl methyl sites for hydroxylation is 1. The number of carbonyl (C=O) groups excluding carboxylic acids is 1. The van der Waals surface area contributed by atoms with E-state index in [0.29, 0.717) is 46.8 Å². The van der Waals surface area contributed by atoms with E-state index in [1.165, 1.54) is 0 Å². The molecule has 0 spiro atoms. The lowest BCUT2D eigenvalue weighted by Crippen LogP contribution is -2.13. The standard InChI is InChI=1S/C22H24N2O6/c1-26-14-6-8-18(28-3)17(11-14)24-21(25)9-10-22-23-13-20(30-22)16-7-5-15(27-2)12-19(16)29-4/h5-8,11-13H,9-10H2,1-4H3,(H,24,25). The second kappa shape index (κ2) is 9.69. The molecule has 1 amide bonds. The van der Waals surface area contributed by atoms with Crippen molar-refractivity contribution in [3.8, 4) is 34.3 Å². The Kier molecular flexibility index (Phi) is 6.79. The van der Waals surface area contributed by atoms with Crippen molar-refractivity contribution in [1.82, 2.24) is 4.98 Å². The molecule has 3 rings (SSSR count). The number of methoxy groups -OCH3 is 4. The van der Waals surface area contributed by atoms with E-state index in [1.54, 1.807) is 58.9 Å². The van der Waals surface area contributed by atoms with Gasteiger partial charge in [-0.2, -0.15) is 0 Å². The molecule has 0 aliphatic rings. The van der Waals surface area contributed by atoms with Crippen molar-refractivity contribution in [1.29, 1.82) is 0 Å². The van der Waals surface area contributed by atoms with Crippen molar-refractivity contribution in [2.24, 2.45) is 0 Å². The maximum absolute atomic E-state index is 12.4. The first kappa shape index (κ1) is 21.0. The molecule has 1 aromatic heterocycles. The first-order valence-electron chi connectivity index (χ1n) is 9.27. The largest absolute Gasteiger partial charge is 0.497 e. The van der Waals surface area contributed by atoms with E-state index < -0.39 is 0 Å². The zero-order valence-corrected chi connectivity index (χ0v) is 17.4. The highest BCUT2D eigenvalue weighted by Crippen LogP contribution is 2.34. The number of ether oxygens (including phenoxy) is 4. The number of amides is 1. The Bertz CT molecular complexity index is 1010. The molecule has 0 bridgehead atoms. The summed E-state index contributed by atoms with van der Waals surface area (Å²) in [6, 6.07) is 10.6. The molecule has 0 unspecified atom stereocenters. The summed E-state index contributed by atoms with van der Waals surface area (Å²) in [5, 5.41) is 2.83. The summed E-state index contributed by atoms with van der Waals surface area (Å²) in [4.78, 5) is 16.7. The van der Waals surface area contributed by atoms with Gasteiger partial charge >= 0.3 is 0 Å². The van der Waals surface area contributed by atoms with E-state index in [9.17, 15) is 4.79 Å². The van der Waals surface area contributed by atoms with Crippen LogP contribution in [0.2, 0.25) is 0 Å². The second-order valence-corrected chi connectivity index (χ2v) is 6.30. The second-order valence-electron chi connectivity index (χ2n) is 6.30. The van der Waals surface area contributed by atoms with Gasteiger partial charge in [-0.05, 0) is 24.3 Å². The minimum atomic E-state index is -0.191. The summed E-state index contributed by atoms with van der Waals surface area (Å²) < 4.78 is 26.9. The van der Waals surface area contributed by atoms with Gasteiger partial charge < -0.3 is 28.7 Å². The molecule has 0 radical (unpaired) electrons. The SMILES string of the molecule is COc1ccc(OC)c(NC(=O)CCc2ncc(-c3ccc(OC)cc3OC)o2)c1. The molecular weight excluding hydrogens is 388 g/mol. The Hall–Kier alpha value is -3.68. The number of aromatic nitrogens is 1. The van der Waals surface area contributed by atoms with Gasteiger partial charge in [-0.1, -0.05) is 0 Å². The summed E-state index contributed by atoms with van der Waals surface area (Å²) in [6.07, 6.45) is 2.15. The van der Waals surface area contributed by atoms with Gasteiger partial charge in [0.15, 0.2) is 11.7 Å². The Labute approximate surface area is 174 Å². The third-order valence-electron chi connectivity index (χ3n) is 4.47. The van der Waals surface area contributed by atoms with Gasteiger partial charge in [-0.25, -0.2) is 4.98 Å². The molecule has 0 fully saturated rings. The van der Waals surface area contributed by atoms with Gasteiger partial charge in [-0.15, -0.1) is 0 Å². The fourth-order valence-corrected chi connectivity index (χ4v) is 2.90. The zero-order chi connectivity index (χ0) is 21.5. The Balaban J connectivity index is 1.65. The summed E-state index contributed by atoms with van der Waals surface area (Å²) >= 11 is 0. The fraction of sp³-hybridized carbons (Fsp3) is 0.273. The van der Waals surface area contributed by atoms with Crippen LogP contribution >= 0.6 is 0 Å². The van der Waals surface area contributed by atoms with Crippen LogP contribution in [0.15, 0.2) is 47.0 Å². The monoisotopic (exact) mass is 412 g/mol. The third-order valence-corrected chi connectivity index (χ3v) is 4.47. The first-order chi connectivity index (χ1) is 14.6. The number of rotatable bonds is 9. The van der Waals surface area contributed by atoms with Crippen molar-refractivity contribution in [3.63, 3.8) is 0 Å². The summed E-state index contributed by atoms with van der Waals surface area (Å²) in [5.41, 5.74) is 1.29. The lowest BCUT2D eigenvalue weighted by atomic mass is 10.1. The van der Waals surface area contributed by atoms with Crippen LogP contribution in [0.25, 0.3) is 11.3 Å². The summed E-state index contributed by atoms with van der Waals surface area (Å²) in [6.45, 7) is 0. The predicted molar refractivity (Wildman–Crippen MR) is 112 cm³/mol. The van der Waals surface area contributed by atoms with E-state index in [-0.39, 0.29) is 12.3 Å². The maximum atomic E-state index is 12.4. The molecule has 8 heteroatoms. The average molecular weight is 412 g/mol. The number of oxazole rings is 1. The molecule has 1 heterocycles. The van der Waals surface area contributed by atoms with Gasteiger partial charge in [0.25, 0.3) is 0 Å². The number of carbonyl (C=O) groups is 1. The van der Waals surface area contributed by atoms with Gasteiger partial charge in [0.05, 0.1) is 45.9 Å². The van der Waals surface area contributed by atoms with Crippen LogP contribution in [0, 0.1) is 0 Å². The Morgan fingerprint density at radius 1 is 0.933 bits per heavy atom. The maximum Gasteiger partial charge on any atom is 0.224 e. The number of benzene rings is 2. The smallest absolute Gasteiger partial charge is 0.224 e. The number of hydrogen-bond donors (Lipinski definition) is 1. The highest BCUT2D eigenvalue weighted by atomic mass is 16.5. The van der Waals surface area contributed by atoms with Gasteiger partial charge in [-0.3, -0.25) is 4.79 Å². The average Bonchev–Trinajstić information content (AvgIpc) is 3.26. The van der Waals surface area contributed by atoms with Gasteiger partial charge in [0.2, 0.25) is 5.91 Å². The minimum absolute atomic E-state index is 0.191. The van der Waals surface area contributed by atoms with Crippen LogP contribution in [0.3, 0.4) is 0 Å². The molecule has 1 N–H and O–H groups in total. The van der Waals surface area contributed by atoms with Crippen molar-refractivity contribution in [2.45, 2.75) is 12.8 Å². The molecular formula is C22H24N2O6. The van der Waals surface area contributed by atoms with Crippen LogP contribution < -0.4 is 24.3 Å². The van der Waals surface area contributed by atoms with Gasteiger partial charge in [0, 0.05) is 25.0 Å². The molecule has 2 aromatic carbocycles. The molecule has 3 aromatic rings. The third kappa shape index (κ3) is 4.83. The topological polar surface area (TPSA) is 92.1 Å². The fourth-order valence-electron chi connectivity index (χ4n) is 2.90. The molecule has 0 aliphatic heterocycles. The van der Waals surface area contributed by atoms with E-state index in [2.05, 4.69) is 10.3 Å². The van der Waals surface area contributed by atoms with Crippen molar-refractivity contribution in [3.05, 3.63) is 48.5 Å². The molecule has 0 aliphatic carbocycles. The number of hydrogen-bond acceptors (Lipinski definition) is 7. The van der Waals surface area contributed by atoms with E-state index >= 15 is 0 Å². The van der Waals surface area contributed by atoms with Crippen LogP contribution in [-0.2, 0) is 11.2 Å². The lowest BCUT2D eigenvalue weighted by molar-refractivity contribution is -0.116. The summed E-state index contributed by atoms with van der Waals surface area (Å²) in [5.74, 6) is 3.28. The number of nitrogens with zero attached hydrogens (tertiary/aromatic N) is 1. The van der Waals surface area contributed by atoms with Crippen molar-refractivity contribution < 1.29 is 28.2 Å². The highest BCUT2D eigenvalue weighted by molar-refractivity contribution is 5.92. The van der Waals surface area contributed by atoms with Crippen LogP contribution in [0.5, 0.6) is 23.0 Å². The molecule has 0 saturated heterocycles. The van der Waals surface area contributed by atoms with Crippen LogP contribution in [0.1, 0.15) is 12.3 Å². The van der Waals surface area contributed by atoms with Crippen molar-refractivity contribution in [2.75, 3.05) is 33.8 Å².